The number of carbonyl (C=O) groups is 3. The number of unbranched alkanes of at least 4 members (excludes halogenated alkanes) is 21. The summed E-state index contributed by atoms with van der Waals surface area (Å²) in [5, 5.41) is 9.65. The Labute approximate surface area is 368 Å². The molecule has 0 aliphatic heterocycles. The van der Waals surface area contributed by atoms with E-state index in [1.54, 1.807) is 0 Å². The van der Waals surface area contributed by atoms with Gasteiger partial charge in [-0.3, -0.25) is 9.59 Å². The van der Waals surface area contributed by atoms with Crippen LogP contribution in [0, 0.1) is 0 Å². The van der Waals surface area contributed by atoms with Gasteiger partial charge in [-0.15, -0.1) is 0 Å². The normalized spacial score (nSPS) is 13.3. The van der Waals surface area contributed by atoms with Gasteiger partial charge < -0.3 is 28.5 Å². The van der Waals surface area contributed by atoms with Gasteiger partial charge in [0, 0.05) is 12.8 Å². The topological polar surface area (TPSA) is 108 Å². The van der Waals surface area contributed by atoms with Crippen molar-refractivity contribution in [3.05, 3.63) is 48.6 Å². The van der Waals surface area contributed by atoms with Gasteiger partial charge in [-0.05, 0) is 51.4 Å². The van der Waals surface area contributed by atoms with E-state index in [1.165, 1.54) is 109 Å². The number of carboxylic acids is 1. The molecule has 0 spiro atoms. The number of esters is 2. The molecule has 0 saturated carbocycles. The Kier molecular flexibility index (Phi) is 41.0. The van der Waals surface area contributed by atoms with Crippen LogP contribution in [0.25, 0.3) is 0 Å². The smallest absolute Gasteiger partial charge is 0.361 e. The second kappa shape index (κ2) is 42.9. The van der Waals surface area contributed by atoms with Crippen molar-refractivity contribution in [3.8, 4) is 0 Å². The van der Waals surface area contributed by atoms with Gasteiger partial charge in [0.1, 0.15) is 13.2 Å². The predicted molar refractivity (Wildman–Crippen MR) is 249 cm³/mol. The van der Waals surface area contributed by atoms with Crippen LogP contribution in [0.15, 0.2) is 48.6 Å². The summed E-state index contributed by atoms with van der Waals surface area (Å²) in [6.45, 7) is 4.72. The molecule has 0 amide bonds. The van der Waals surface area contributed by atoms with Gasteiger partial charge in [-0.2, -0.15) is 0 Å². The highest BCUT2D eigenvalue weighted by Crippen LogP contribution is 2.16. The van der Waals surface area contributed by atoms with Crippen LogP contribution in [0.3, 0.4) is 0 Å². The fraction of sp³-hybridized carbons (Fsp3) is 0.784. The molecule has 9 nitrogen and oxygen atoms in total. The molecule has 0 bridgehead atoms. The van der Waals surface area contributed by atoms with E-state index in [4.69, 9.17) is 18.9 Å². The number of hydrogen-bond donors (Lipinski definition) is 1. The highest BCUT2D eigenvalue weighted by molar-refractivity contribution is 5.71. The number of carboxylic acid groups (broad SMARTS) is 1. The Hall–Kier alpha value is -2.75. The Balaban J connectivity index is 4.38. The lowest BCUT2D eigenvalue weighted by Crippen LogP contribution is -2.40. The maximum Gasteiger partial charge on any atom is 0.361 e. The van der Waals surface area contributed by atoms with Crippen molar-refractivity contribution < 1.29 is 42.9 Å². The predicted octanol–water partition coefficient (Wildman–Crippen LogP) is 13.2. The van der Waals surface area contributed by atoms with Crippen LogP contribution in [-0.2, 0) is 33.3 Å². The number of nitrogens with zero attached hydrogens (tertiary/aromatic N) is 1. The molecular formula is C51H92NO8+. The van der Waals surface area contributed by atoms with Crippen LogP contribution >= 0.6 is 0 Å². The van der Waals surface area contributed by atoms with Gasteiger partial charge in [0.05, 0.1) is 34.4 Å². The molecule has 0 aliphatic carbocycles. The zero-order valence-corrected chi connectivity index (χ0v) is 39.4. The van der Waals surface area contributed by atoms with E-state index in [0.29, 0.717) is 23.9 Å². The second-order valence-corrected chi connectivity index (χ2v) is 17.4. The Morgan fingerprint density at radius 2 is 0.950 bits per heavy atom. The van der Waals surface area contributed by atoms with Crippen LogP contribution in [0.5, 0.6) is 0 Å². The summed E-state index contributed by atoms with van der Waals surface area (Å²) in [5.41, 5.74) is 0. The average molecular weight is 847 g/mol. The Morgan fingerprint density at radius 3 is 1.42 bits per heavy atom. The summed E-state index contributed by atoms with van der Waals surface area (Å²) in [6, 6.07) is 0. The standard InChI is InChI=1S/C51H91NO8/c1-6-8-10-12-14-16-18-20-22-23-24-25-26-28-29-31-33-35-37-39-41-48(53)58-45-47(46-59-51(50(55)56)57-44-43-52(3,4)5)60-49(54)42-40-38-36-34-32-30-27-21-19-17-15-13-11-9-7-2/h9,11,15,17,21,27,32,34,47,51H,6-8,10,12-14,16,18-20,22-26,28-31,33,35-46H2,1-5H3/p+1/b11-9-,17-15-,27-21-,34-32-. The van der Waals surface area contributed by atoms with E-state index in [0.717, 1.165) is 57.8 Å². The number of hydrogen-bond acceptors (Lipinski definition) is 7. The number of rotatable bonds is 44. The van der Waals surface area contributed by atoms with Crippen LogP contribution in [0.4, 0.5) is 0 Å². The van der Waals surface area contributed by atoms with Gasteiger partial charge in [0.2, 0.25) is 0 Å². The SMILES string of the molecule is CC/C=C\C/C=C\C/C=C\C/C=C\CCCCC(=O)OC(COC(=O)CCCCCCCCCCCCCCCCCCCCCC)COC(OCC[N+](C)(C)C)C(=O)O. The lowest BCUT2D eigenvalue weighted by Gasteiger charge is -2.25. The molecule has 0 saturated heterocycles. The zero-order chi connectivity index (χ0) is 44.2. The third-order valence-electron chi connectivity index (χ3n) is 10.3. The first-order valence-corrected chi connectivity index (χ1v) is 24.3. The second-order valence-electron chi connectivity index (χ2n) is 17.4. The van der Waals surface area contributed by atoms with Crippen molar-refractivity contribution in [3.63, 3.8) is 0 Å². The Morgan fingerprint density at radius 1 is 0.517 bits per heavy atom. The summed E-state index contributed by atoms with van der Waals surface area (Å²) in [4.78, 5) is 37.2. The molecule has 0 aromatic heterocycles. The van der Waals surface area contributed by atoms with E-state index >= 15 is 0 Å². The molecule has 0 aliphatic rings. The van der Waals surface area contributed by atoms with Crippen molar-refractivity contribution in [2.75, 3.05) is 47.5 Å². The number of allylic oxidation sites excluding steroid dienone is 8. The summed E-state index contributed by atoms with van der Waals surface area (Å²) >= 11 is 0. The first-order valence-electron chi connectivity index (χ1n) is 24.3. The molecule has 60 heavy (non-hydrogen) atoms. The minimum atomic E-state index is -1.52. The summed E-state index contributed by atoms with van der Waals surface area (Å²) < 4.78 is 22.7. The van der Waals surface area contributed by atoms with E-state index in [2.05, 4.69) is 62.5 Å². The molecule has 9 heteroatoms. The van der Waals surface area contributed by atoms with Gasteiger partial charge in [0.25, 0.3) is 6.29 Å². The number of ether oxygens (including phenoxy) is 4. The summed E-state index contributed by atoms with van der Waals surface area (Å²) in [5.74, 6) is -2.06. The van der Waals surface area contributed by atoms with Crippen molar-refractivity contribution in [1.82, 2.24) is 0 Å². The molecule has 2 atom stereocenters. The Bertz CT molecular complexity index is 1120. The molecule has 0 heterocycles. The highest BCUT2D eigenvalue weighted by Gasteiger charge is 2.25. The number of likely N-dealkylation sites (N-methyl/N-ethyl adjacent to an activating group) is 1. The number of aliphatic carboxylic acids is 1. The maximum absolute atomic E-state index is 12.8. The zero-order valence-electron chi connectivity index (χ0n) is 39.4. The first-order chi connectivity index (χ1) is 29.1. The van der Waals surface area contributed by atoms with Gasteiger partial charge in [-0.1, -0.05) is 184 Å². The maximum atomic E-state index is 12.8. The molecule has 0 radical (unpaired) electrons. The molecular weight excluding hydrogens is 755 g/mol. The third kappa shape index (κ3) is 43.3. The largest absolute Gasteiger partial charge is 0.477 e. The molecule has 0 fully saturated rings. The minimum Gasteiger partial charge on any atom is -0.477 e. The van der Waals surface area contributed by atoms with Crippen molar-refractivity contribution in [2.45, 2.75) is 212 Å². The number of quaternary nitrogens is 1. The molecule has 0 aromatic carbocycles. The molecule has 348 valence electrons. The van der Waals surface area contributed by atoms with Crippen molar-refractivity contribution in [2.24, 2.45) is 0 Å². The monoisotopic (exact) mass is 847 g/mol. The highest BCUT2D eigenvalue weighted by atomic mass is 16.7. The average Bonchev–Trinajstić information content (AvgIpc) is 3.21. The summed E-state index contributed by atoms with van der Waals surface area (Å²) in [6.07, 6.45) is 47.5. The van der Waals surface area contributed by atoms with Crippen LogP contribution in [0.1, 0.15) is 200 Å². The van der Waals surface area contributed by atoms with E-state index in [1.807, 2.05) is 21.1 Å². The quantitative estimate of drug-likeness (QED) is 0.0212. The van der Waals surface area contributed by atoms with Crippen LogP contribution in [0.2, 0.25) is 0 Å². The van der Waals surface area contributed by atoms with Gasteiger partial charge >= 0.3 is 17.9 Å². The number of carbonyl (C=O) groups excluding carboxylic acids is 2. The fourth-order valence-electron chi connectivity index (χ4n) is 6.59. The molecule has 2 unspecified atom stereocenters. The first kappa shape index (κ1) is 57.2. The van der Waals surface area contributed by atoms with Crippen LogP contribution < -0.4 is 0 Å². The van der Waals surface area contributed by atoms with Gasteiger partial charge in [-0.25, -0.2) is 4.79 Å². The van der Waals surface area contributed by atoms with Crippen molar-refractivity contribution >= 4 is 17.9 Å². The lowest BCUT2D eigenvalue weighted by atomic mass is 10.0. The van der Waals surface area contributed by atoms with E-state index < -0.39 is 24.3 Å². The summed E-state index contributed by atoms with van der Waals surface area (Å²) in [7, 11) is 5.94. The fourth-order valence-corrected chi connectivity index (χ4v) is 6.59. The van der Waals surface area contributed by atoms with Crippen molar-refractivity contribution in [1.29, 1.82) is 0 Å². The molecule has 1 N–H and O–H groups in total. The van der Waals surface area contributed by atoms with E-state index in [9.17, 15) is 19.5 Å². The third-order valence-corrected chi connectivity index (χ3v) is 10.3. The van der Waals surface area contributed by atoms with Crippen LogP contribution in [-0.4, -0.2) is 87.4 Å². The van der Waals surface area contributed by atoms with Gasteiger partial charge in [0.15, 0.2) is 6.10 Å². The molecule has 0 rings (SSSR count). The van der Waals surface area contributed by atoms with E-state index in [-0.39, 0.29) is 32.2 Å². The molecule has 0 aromatic rings. The lowest BCUT2D eigenvalue weighted by molar-refractivity contribution is -0.870. The minimum absolute atomic E-state index is 0.179.